The molecule has 1 aromatic rings. The summed E-state index contributed by atoms with van der Waals surface area (Å²) in [5.74, 6) is 0.00653. The van der Waals surface area contributed by atoms with Crippen LogP contribution < -0.4 is 0 Å². The molecule has 1 spiro atoms. The lowest BCUT2D eigenvalue weighted by atomic mass is 9.90. The fraction of sp³-hybridized carbons (Fsp3) is 0.579. The number of nitrogens with zero attached hydrogens (tertiary/aromatic N) is 2. The second-order valence-electron chi connectivity index (χ2n) is 7.12. The molecule has 2 aliphatic rings. The van der Waals surface area contributed by atoms with Crippen LogP contribution in [0, 0.1) is 0 Å². The van der Waals surface area contributed by atoms with Crippen LogP contribution >= 0.6 is 11.6 Å². The van der Waals surface area contributed by atoms with Gasteiger partial charge in [-0.05, 0) is 37.6 Å². The standard InChI is InChI=1S/C19H25ClN2O3/c1-3-4-14(2)22-13-19(25-18(22)24)9-11-21(12-10-19)17(23)15-5-7-16(20)8-6-15/h5-8,14H,3-4,9-13H2,1-2H3/t14-/m1/s1. The maximum atomic E-state index is 12.6. The SMILES string of the molecule is CCC[C@@H](C)N1CC2(CCN(C(=O)c3ccc(Cl)cc3)CC2)OC1=O. The lowest BCUT2D eigenvalue weighted by Gasteiger charge is -2.37. The summed E-state index contributed by atoms with van der Waals surface area (Å²) in [5.41, 5.74) is 0.206. The van der Waals surface area contributed by atoms with Gasteiger partial charge in [0.25, 0.3) is 5.91 Å². The van der Waals surface area contributed by atoms with Crippen molar-refractivity contribution in [1.82, 2.24) is 9.80 Å². The Bertz CT molecular complexity index is 639. The number of carbonyl (C=O) groups excluding carboxylic acids is 2. The Morgan fingerprint density at radius 2 is 1.92 bits per heavy atom. The molecule has 0 N–H and O–H groups in total. The molecule has 5 nitrogen and oxygen atoms in total. The van der Waals surface area contributed by atoms with Crippen molar-refractivity contribution in [3.8, 4) is 0 Å². The van der Waals surface area contributed by atoms with Crippen LogP contribution in [-0.2, 0) is 4.74 Å². The van der Waals surface area contributed by atoms with Gasteiger partial charge >= 0.3 is 6.09 Å². The zero-order valence-electron chi connectivity index (χ0n) is 14.8. The van der Waals surface area contributed by atoms with Crippen molar-refractivity contribution in [2.75, 3.05) is 19.6 Å². The summed E-state index contributed by atoms with van der Waals surface area (Å²) < 4.78 is 5.75. The van der Waals surface area contributed by atoms with E-state index in [1.54, 1.807) is 24.3 Å². The van der Waals surface area contributed by atoms with Crippen molar-refractivity contribution < 1.29 is 14.3 Å². The number of rotatable bonds is 4. The molecule has 0 radical (unpaired) electrons. The molecular weight excluding hydrogens is 340 g/mol. The average molecular weight is 365 g/mol. The van der Waals surface area contributed by atoms with E-state index in [-0.39, 0.29) is 18.0 Å². The minimum Gasteiger partial charge on any atom is -0.441 e. The summed E-state index contributed by atoms with van der Waals surface area (Å²) in [6.07, 6.45) is 3.19. The van der Waals surface area contributed by atoms with Gasteiger partial charge in [-0.2, -0.15) is 0 Å². The smallest absolute Gasteiger partial charge is 0.410 e. The second kappa shape index (κ2) is 7.24. The molecule has 6 heteroatoms. The predicted octanol–water partition coefficient (Wildman–Crippen LogP) is 3.96. The molecule has 25 heavy (non-hydrogen) atoms. The summed E-state index contributed by atoms with van der Waals surface area (Å²) in [5, 5.41) is 0.619. The number of hydrogen-bond acceptors (Lipinski definition) is 3. The number of hydrogen-bond donors (Lipinski definition) is 0. The first-order valence-corrected chi connectivity index (χ1v) is 9.36. The number of piperidine rings is 1. The van der Waals surface area contributed by atoms with Crippen molar-refractivity contribution in [3.63, 3.8) is 0 Å². The minimum absolute atomic E-state index is 0.00653. The number of halogens is 1. The fourth-order valence-electron chi connectivity index (χ4n) is 3.71. The molecule has 0 aliphatic carbocycles. The Kier molecular flexibility index (Phi) is 5.23. The van der Waals surface area contributed by atoms with Crippen molar-refractivity contribution in [1.29, 1.82) is 0 Å². The number of amides is 2. The zero-order chi connectivity index (χ0) is 18.0. The quantitative estimate of drug-likeness (QED) is 0.812. The molecule has 2 heterocycles. The first kappa shape index (κ1) is 18.1. The van der Waals surface area contributed by atoms with Crippen LogP contribution in [0.25, 0.3) is 0 Å². The molecule has 0 aromatic heterocycles. The van der Waals surface area contributed by atoms with Gasteiger partial charge < -0.3 is 14.5 Å². The molecular formula is C19H25ClN2O3. The van der Waals surface area contributed by atoms with Crippen LogP contribution in [-0.4, -0.2) is 53.1 Å². The van der Waals surface area contributed by atoms with Gasteiger partial charge in [0.2, 0.25) is 0 Å². The molecule has 1 atom stereocenters. The van der Waals surface area contributed by atoms with Crippen molar-refractivity contribution in [2.45, 2.75) is 51.2 Å². The van der Waals surface area contributed by atoms with Crippen LogP contribution in [0.3, 0.4) is 0 Å². The Balaban J connectivity index is 1.61. The molecule has 0 unspecified atom stereocenters. The highest BCUT2D eigenvalue weighted by Gasteiger charge is 2.48. The van der Waals surface area contributed by atoms with E-state index in [0.29, 0.717) is 43.1 Å². The molecule has 2 saturated heterocycles. The van der Waals surface area contributed by atoms with Crippen molar-refractivity contribution in [3.05, 3.63) is 34.9 Å². The van der Waals surface area contributed by atoms with E-state index in [1.807, 2.05) is 9.80 Å². The average Bonchev–Trinajstić information content (AvgIpc) is 2.92. The van der Waals surface area contributed by atoms with Crippen LogP contribution in [0.2, 0.25) is 5.02 Å². The largest absolute Gasteiger partial charge is 0.441 e. The van der Waals surface area contributed by atoms with Crippen molar-refractivity contribution in [2.24, 2.45) is 0 Å². The molecule has 3 rings (SSSR count). The van der Waals surface area contributed by atoms with Gasteiger partial charge in [-0.15, -0.1) is 0 Å². The summed E-state index contributed by atoms with van der Waals surface area (Å²) in [4.78, 5) is 28.5. The zero-order valence-corrected chi connectivity index (χ0v) is 15.6. The second-order valence-corrected chi connectivity index (χ2v) is 7.55. The van der Waals surface area contributed by atoms with E-state index in [2.05, 4.69) is 13.8 Å². The summed E-state index contributed by atoms with van der Waals surface area (Å²) >= 11 is 5.88. The maximum Gasteiger partial charge on any atom is 0.410 e. The molecule has 136 valence electrons. The van der Waals surface area contributed by atoms with E-state index in [0.717, 1.165) is 12.8 Å². The van der Waals surface area contributed by atoms with Crippen LogP contribution in [0.4, 0.5) is 4.79 Å². The van der Waals surface area contributed by atoms with Gasteiger partial charge in [0.1, 0.15) is 5.60 Å². The summed E-state index contributed by atoms with van der Waals surface area (Å²) in [7, 11) is 0. The molecule has 2 amide bonds. The highest BCUT2D eigenvalue weighted by atomic mass is 35.5. The number of carbonyl (C=O) groups is 2. The predicted molar refractivity (Wildman–Crippen MR) is 96.9 cm³/mol. The van der Waals surface area contributed by atoms with Gasteiger partial charge in [-0.3, -0.25) is 4.79 Å². The van der Waals surface area contributed by atoms with Gasteiger partial charge in [0, 0.05) is 42.6 Å². The van der Waals surface area contributed by atoms with Crippen LogP contribution in [0.15, 0.2) is 24.3 Å². The first-order chi connectivity index (χ1) is 11.9. The molecule has 2 aliphatic heterocycles. The van der Waals surface area contributed by atoms with E-state index in [4.69, 9.17) is 16.3 Å². The Morgan fingerprint density at radius 3 is 2.52 bits per heavy atom. The highest BCUT2D eigenvalue weighted by molar-refractivity contribution is 6.30. The summed E-state index contributed by atoms with van der Waals surface area (Å²) in [6.45, 7) is 6.03. The number of likely N-dealkylation sites (tertiary alicyclic amines) is 1. The van der Waals surface area contributed by atoms with Gasteiger partial charge in [0.05, 0.1) is 6.54 Å². The lowest BCUT2D eigenvalue weighted by Crippen LogP contribution is -2.49. The topological polar surface area (TPSA) is 49.9 Å². The van der Waals surface area contributed by atoms with Gasteiger partial charge in [-0.1, -0.05) is 24.9 Å². The Morgan fingerprint density at radius 1 is 1.28 bits per heavy atom. The maximum absolute atomic E-state index is 12.6. The van der Waals surface area contributed by atoms with Crippen molar-refractivity contribution >= 4 is 23.6 Å². The third kappa shape index (κ3) is 3.76. The third-order valence-corrected chi connectivity index (χ3v) is 5.54. The number of benzene rings is 1. The fourth-order valence-corrected chi connectivity index (χ4v) is 3.84. The van der Waals surface area contributed by atoms with E-state index in [9.17, 15) is 9.59 Å². The first-order valence-electron chi connectivity index (χ1n) is 8.98. The molecule has 2 fully saturated rings. The lowest BCUT2D eigenvalue weighted by molar-refractivity contribution is 0.00307. The third-order valence-electron chi connectivity index (χ3n) is 5.29. The Labute approximate surface area is 153 Å². The summed E-state index contributed by atoms with van der Waals surface area (Å²) in [6, 6.07) is 7.15. The normalized spacial score (nSPS) is 20.7. The molecule has 0 saturated carbocycles. The molecule has 1 aromatic carbocycles. The van der Waals surface area contributed by atoms with E-state index < -0.39 is 5.60 Å². The number of ether oxygens (including phenoxy) is 1. The van der Waals surface area contributed by atoms with Gasteiger partial charge in [-0.25, -0.2) is 4.79 Å². The van der Waals surface area contributed by atoms with E-state index >= 15 is 0 Å². The van der Waals surface area contributed by atoms with Crippen LogP contribution in [0.5, 0.6) is 0 Å². The minimum atomic E-state index is -0.435. The monoisotopic (exact) mass is 364 g/mol. The van der Waals surface area contributed by atoms with Gasteiger partial charge in [0.15, 0.2) is 0 Å². The Hall–Kier alpha value is -1.75. The van der Waals surface area contributed by atoms with Crippen LogP contribution in [0.1, 0.15) is 49.9 Å². The molecule has 0 bridgehead atoms. The highest BCUT2D eigenvalue weighted by Crippen LogP contribution is 2.35. The van der Waals surface area contributed by atoms with E-state index in [1.165, 1.54) is 0 Å².